The Bertz CT molecular complexity index is 558. The molecule has 1 heterocycles. The largest absolute Gasteiger partial charge is 0.472 e. The van der Waals surface area contributed by atoms with Gasteiger partial charge < -0.3 is 10.1 Å². The number of hydrogen-bond acceptors (Lipinski definition) is 4. The van der Waals surface area contributed by atoms with Crippen molar-refractivity contribution >= 4 is 15.9 Å². The van der Waals surface area contributed by atoms with Gasteiger partial charge in [0.25, 0.3) is 0 Å². The van der Waals surface area contributed by atoms with Gasteiger partial charge in [-0.3, -0.25) is 4.98 Å². The molecule has 0 saturated carbocycles. The van der Waals surface area contributed by atoms with E-state index >= 15 is 0 Å². The van der Waals surface area contributed by atoms with Gasteiger partial charge in [0.1, 0.15) is 6.61 Å². The summed E-state index contributed by atoms with van der Waals surface area (Å²) in [5.74, 6) is 1.18. The number of hydrogen-bond donors (Lipinski definition) is 1. The van der Waals surface area contributed by atoms with Crippen LogP contribution in [0.4, 0.5) is 0 Å². The average molecular weight is 350 g/mol. The number of aromatic nitrogens is 2. The SMILES string of the molecule is CC(C)CNCc1cncc(OCc2ccc(Br)cc2)n1. The Morgan fingerprint density at radius 1 is 1.19 bits per heavy atom. The predicted molar refractivity (Wildman–Crippen MR) is 87.1 cm³/mol. The average Bonchev–Trinajstić information content (AvgIpc) is 2.47. The van der Waals surface area contributed by atoms with Crippen LogP contribution in [0, 0.1) is 5.92 Å². The molecular formula is C16H20BrN3O. The minimum atomic E-state index is 0.491. The molecule has 0 aliphatic carbocycles. The van der Waals surface area contributed by atoms with Gasteiger partial charge in [-0.1, -0.05) is 41.9 Å². The molecule has 0 bridgehead atoms. The molecule has 112 valence electrons. The molecule has 0 amide bonds. The molecule has 0 radical (unpaired) electrons. The molecule has 2 rings (SSSR count). The molecule has 4 nitrogen and oxygen atoms in total. The van der Waals surface area contributed by atoms with Crippen LogP contribution < -0.4 is 10.1 Å². The number of nitrogens with one attached hydrogen (secondary N) is 1. The molecule has 0 aliphatic rings. The van der Waals surface area contributed by atoms with Crippen LogP contribution in [0.1, 0.15) is 25.1 Å². The molecular weight excluding hydrogens is 330 g/mol. The predicted octanol–water partition coefficient (Wildman–Crippen LogP) is 3.56. The molecule has 0 spiro atoms. The maximum Gasteiger partial charge on any atom is 0.232 e. The third-order valence-electron chi connectivity index (χ3n) is 2.82. The lowest BCUT2D eigenvalue weighted by Gasteiger charge is -2.09. The number of rotatable bonds is 7. The molecule has 5 heteroatoms. The minimum absolute atomic E-state index is 0.491. The van der Waals surface area contributed by atoms with E-state index in [9.17, 15) is 0 Å². The fraction of sp³-hybridized carbons (Fsp3) is 0.375. The van der Waals surface area contributed by atoms with Crippen LogP contribution in [0.25, 0.3) is 0 Å². The van der Waals surface area contributed by atoms with Crippen molar-refractivity contribution in [2.75, 3.05) is 6.54 Å². The molecule has 0 aliphatic heterocycles. The lowest BCUT2D eigenvalue weighted by molar-refractivity contribution is 0.291. The zero-order valence-corrected chi connectivity index (χ0v) is 13.9. The number of nitrogens with zero attached hydrogens (tertiary/aromatic N) is 2. The van der Waals surface area contributed by atoms with Gasteiger partial charge in [0.05, 0.1) is 11.9 Å². The van der Waals surface area contributed by atoms with Gasteiger partial charge in [-0.15, -0.1) is 0 Å². The van der Waals surface area contributed by atoms with Crippen LogP contribution in [-0.4, -0.2) is 16.5 Å². The monoisotopic (exact) mass is 349 g/mol. The van der Waals surface area contributed by atoms with Crippen molar-refractivity contribution in [1.29, 1.82) is 0 Å². The van der Waals surface area contributed by atoms with Gasteiger partial charge in [0, 0.05) is 17.2 Å². The molecule has 2 aromatic rings. The molecule has 0 atom stereocenters. The van der Waals surface area contributed by atoms with Crippen LogP contribution >= 0.6 is 15.9 Å². The zero-order chi connectivity index (χ0) is 15.1. The van der Waals surface area contributed by atoms with Crippen LogP contribution in [0.5, 0.6) is 5.88 Å². The summed E-state index contributed by atoms with van der Waals surface area (Å²) in [6.07, 6.45) is 3.41. The quantitative estimate of drug-likeness (QED) is 0.829. The summed E-state index contributed by atoms with van der Waals surface area (Å²) in [7, 11) is 0. The Kier molecular flexibility index (Phi) is 6.14. The van der Waals surface area contributed by atoms with Gasteiger partial charge in [0.2, 0.25) is 5.88 Å². The van der Waals surface area contributed by atoms with Crippen molar-refractivity contribution in [3.63, 3.8) is 0 Å². The third-order valence-corrected chi connectivity index (χ3v) is 3.35. The Morgan fingerprint density at radius 2 is 1.95 bits per heavy atom. The van der Waals surface area contributed by atoms with Crippen LogP contribution in [0.3, 0.4) is 0 Å². The normalized spacial score (nSPS) is 10.9. The summed E-state index contributed by atoms with van der Waals surface area (Å²) in [4.78, 5) is 8.62. The summed E-state index contributed by atoms with van der Waals surface area (Å²) in [6, 6.07) is 8.03. The second-order valence-corrected chi connectivity index (χ2v) is 6.20. The maximum absolute atomic E-state index is 5.68. The molecule has 1 aromatic heterocycles. The Hall–Kier alpha value is -1.46. The molecule has 0 unspecified atom stereocenters. The van der Waals surface area contributed by atoms with Crippen molar-refractivity contribution in [2.24, 2.45) is 5.92 Å². The van der Waals surface area contributed by atoms with Crippen LogP contribution in [0.15, 0.2) is 41.1 Å². The zero-order valence-electron chi connectivity index (χ0n) is 12.3. The van der Waals surface area contributed by atoms with Crippen molar-refractivity contribution < 1.29 is 4.74 Å². The highest BCUT2D eigenvalue weighted by molar-refractivity contribution is 9.10. The van der Waals surface area contributed by atoms with E-state index in [4.69, 9.17) is 4.74 Å². The Balaban J connectivity index is 1.87. The van der Waals surface area contributed by atoms with Crippen LogP contribution in [0.2, 0.25) is 0 Å². The van der Waals surface area contributed by atoms with E-state index in [-0.39, 0.29) is 0 Å². The smallest absolute Gasteiger partial charge is 0.232 e. The van der Waals surface area contributed by atoms with Crippen LogP contribution in [-0.2, 0) is 13.2 Å². The summed E-state index contributed by atoms with van der Waals surface area (Å²) in [6.45, 7) is 6.52. The minimum Gasteiger partial charge on any atom is -0.472 e. The van der Waals surface area contributed by atoms with Crippen molar-refractivity contribution in [2.45, 2.75) is 27.0 Å². The van der Waals surface area contributed by atoms with Gasteiger partial charge >= 0.3 is 0 Å². The van der Waals surface area contributed by atoms with Crippen molar-refractivity contribution in [3.05, 3.63) is 52.4 Å². The van der Waals surface area contributed by atoms with Gasteiger partial charge in [0.15, 0.2) is 0 Å². The third kappa shape index (κ3) is 5.81. The lowest BCUT2D eigenvalue weighted by Crippen LogP contribution is -2.19. The first-order valence-electron chi connectivity index (χ1n) is 7.02. The Morgan fingerprint density at radius 3 is 2.67 bits per heavy atom. The molecule has 0 fully saturated rings. The molecule has 21 heavy (non-hydrogen) atoms. The number of halogens is 1. The van der Waals surface area contributed by atoms with E-state index in [1.54, 1.807) is 12.4 Å². The van der Waals surface area contributed by atoms with Crippen molar-refractivity contribution in [1.82, 2.24) is 15.3 Å². The molecule has 0 saturated heterocycles. The standard InChI is InChI=1S/C16H20BrN3O/c1-12(2)7-18-8-15-9-19-10-16(20-15)21-11-13-3-5-14(17)6-4-13/h3-6,9-10,12,18H,7-8,11H2,1-2H3. The van der Waals surface area contributed by atoms with Gasteiger partial charge in [-0.2, -0.15) is 0 Å². The van der Waals surface area contributed by atoms with E-state index in [1.807, 2.05) is 24.3 Å². The summed E-state index contributed by atoms with van der Waals surface area (Å²) in [5.41, 5.74) is 1.99. The first-order chi connectivity index (χ1) is 10.1. The van der Waals surface area contributed by atoms with E-state index in [0.29, 0.717) is 24.9 Å². The van der Waals surface area contributed by atoms with E-state index < -0.39 is 0 Å². The van der Waals surface area contributed by atoms with Crippen molar-refractivity contribution in [3.8, 4) is 5.88 Å². The van der Waals surface area contributed by atoms with E-state index in [1.165, 1.54) is 0 Å². The molecule has 1 aromatic carbocycles. The first kappa shape index (κ1) is 15.9. The lowest BCUT2D eigenvalue weighted by atomic mass is 10.2. The topological polar surface area (TPSA) is 47.0 Å². The molecule has 1 N–H and O–H groups in total. The second-order valence-electron chi connectivity index (χ2n) is 5.29. The highest BCUT2D eigenvalue weighted by Gasteiger charge is 2.02. The summed E-state index contributed by atoms with van der Waals surface area (Å²) >= 11 is 3.41. The Labute approximate surface area is 134 Å². The summed E-state index contributed by atoms with van der Waals surface area (Å²) < 4.78 is 6.74. The van der Waals surface area contributed by atoms with Gasteiger partial charge in [-0.05, 0) is 30.2 Å². The first-order valence-corrected chi connectivity index (χ1v) is 7.81. The fourth-order valence-electron chi connectivity index (χ4n) is 1.77. The van der Waals surface area contributed by atoms with E-state index in [0.717, 1.165) is 22.3 Å². The second kappa shape index (κ2) is 8.10. The summed E-state index contributed by atoms with van der Waals surface area (Å²) in [5, 5.41) is 3.35. The number of ether oxygens (including phenoxy) is 1. The highest BCUT2D eigenvalue weighted by atomic mass is 79.9. The number of benzene rings is 1. The van der Waals surface area contributed by atoms with E-state index in [2.05, 4.69) is 45.1 Å². The van der Waals surface area contributed by atoms with Gasteiger partial charge in [-0.25, -0.2) is 4.98 Å². The fourth-order valence-corrected chi connectivity index (χ4v) is 2.03. The maximum atomic E-state index is 5.68. The highest BCUT2D eigenvalue weighted by Crippen LogP contribution is 2.13.